The number of fused-ring (bicyclic) bond motifs is 1. The molecule has 0 aromatic carbocycles. The van der Waals surface area contributed by atoms with Crippen molar-refractivity contribution in [3.8, 4) is 0 Å². The molecule has 0 aliphatic rings. The van der Waals surface area contributed by atoms with Gasteiger partial charge in [-0.2, -0.15) is 0 Å². The lowest BCUT2D eigenvalue weighted by Gasteiger charge is -1.74. The van der Waals surface area contributed by atoms with Crippen molar-refractivity contribution in [2.24, 2.45) is 0 Å². The predicted molar refractivity (Wildman–Crippen MR) is 51.7 cm³/mol. The van der Waals surface area contributed by atoms with E-state index < -0.39 is 0 Å². The zero-order valence-corrected chi connectivity index (χ0v) is 8.15. The van der Waals surface area contributed by atoms with Crippen LogP contribution in [0.25, 0.3) is 9.66 Å². The Balaban J connectivity index is 0.000000605. The van der Waals surface area contributed by atoms with Crippen LogP contribution in [0.3, 0.4) is 0 Å². The lowest BCUT2D eigenvalue weighted by atomic mass is 10.8. The van der Waals surface area contributed by atoms with Gasteiger partial charge < -0.3 is 5.73 Å². The van der Waals surface area contributed by atoms with Crippen molar-refractivity contribution in [3.63, 3.8) is 0 Å². The van der Waals surface area contributed by atoms with Crippen molar-refractivity contribution in [3.05, 3.63) is 5.01 Å². The molecule has 60 valence electrons. The Kier molecular flexibility index (Phi) is 2.31. The first kappa shape index (κ1) is 8.70. The van der Waals surface area contributed by atoms with Crippen molar-refractivity contribution in [1.82, 2.24) is 9.97 Å². The van der Waals surface area contributed by atoms with Gasteiger partial charge in [-0.05, 0) is 6.92 Å². The van der Waals surface area contributed by atoms with E-state index in [1.54, 1.807) is 11.3 Å². The standard InChI is InChI=1S/C5H5N3S2.ClH/c1-2-7-3-4(9-2)8-5(6)10-3;/h1H3,(H2,6,8);1H. The molecule has 2 rings (SSSR count). The fourth-order valence-corrected chi connectivity index (χ4v) is 2.47. The summed E-state index contributed by atoms with van der Waals surface area (Å²) in [5.74, 6) is 0. The lowest BCUT2D eigenvalue weighted by molar-refractivity contribution is 1.36. The minimum Gasteiger partial charge on any atom is -0.375 e. The third-order valence-corrected chi connectivity index (χ3v) is 2.87. The summed E-state index contributed by atoms with van der Waals surface area (Å²) in [6.45, 7) is 1.97. The van der Waals surface area contributed by atoms with Crippen LogP contribution < -0.4 is 5.73 Å². The van der Waals surface area contributed by atoms with Crippen molar-refractivity contribution in [2.75, 3.05) is 5.73 Å². The van der Waals surface area contributed by atoms with Gasteiger partial charge in [-0.1, -0.05) is 22.7 Å². The molecular weight excluding hydrogens is 202 g/mol. The second-order valence-electron chi connectivity index (χ2n) is 1.90. The van der Waals surface area contributed by atoms with Crippen molar-refractivity contribution < 1.29 is 0 Å². The van der Waals surface area contributed by atoms with E-state index in [4.69, 9.17) is 5.73 Å². The number of hydrogen-bond acceptors (Lipinski definition) is 5. The highest BCUT2D eigenvalue weighted by Gasteiger charge is 2.04. The molecule has 0 saturated carbocycles. The molecule has 0 fully saturated rings. The summed E-state index contributed by atoms with van der Waals surface area (Å²) in [6, 6.07) is 0. The maximum atomic E-state index is 5.46. The van der Waals surface area contributed by atoms with E-state index in [1.165, 1.54) is 11.3 Å². The van der Waals surface area contributed by atoms with Crippen LogP contribution >= 0.6 is 35.1 Å². The highest BCUT2D eigenvalue weighted by molar-refractivity contribution is 7.28. The smallest absolute Gasteiger partial charge is 0.183 e. The summed E-state index contributed by atoms with van der Waals surface area (Å²) in [5.41, 5.74) is 5.46. The highest BCUT2D eigenvalue weighted by Crippen LogP contribution is 2.27. The number of nitrogens with two attached hydrogens (primary N) is 1. The van der Waals surface area contributed by atoms with Crippen LogP contribution in [-0.2, 0) is 0 Å². The number of aromatic nitrogens is 2. The van der Waals surface area contributed by atoms with E-state index >= 15 is 0 Å². The molecule has 3 nitrogen and oxygen atoms in total. The van der Waals surface area contributed by atoms with Gasteiger partial charge in [0.15, 0.2) is 14.8 Å². The Hall–Kier alpha value is -0.390. The van der Waals surface area contributed by atoms with Gasteiger partial charge in [0.2, 0.25) is 0 Å². The molecule has 0 spiro atoms. The van der Waals surface area contributed by atoms with Gasteiger partial charge >= 0.3 is 0 Å². The summed E-state index contributed by atoms with van der Waals surface area (Å²) in [5, 5.41) is 1.66. The largest absolute Gasteiger partial charge is 0.375 e. The van der Waals surface area contributed by atoms with E-state index in [9.17, 15) is 0 Å². The Labute approximate surface area is 77.7 Å². The van der Waals surface area contributed by atoms with Gasteiger partial charge in [-0.3, -0.25) is 0 Å². The third kappa shape index (κ3) is 1.45. The highest BCUT2D eigenvalue weighted by atomic mass is 35.5. The first-order valence-electron chi connectivity index (χ1n) is 2.75. The molecule has 2 heterocycles. The third-order valence-electron chi connectivity index (χ3n) is 1.10. The van der Waals surface area contributed by atoms with Crippen LogP contribution in [0.4, 0.5) is 5.13 Å². The molecule has 2 aromatic heterocycles. The first-order valence-corrected chi connectivity index (χ1v) is 4.38. The Morgan fingerprint density at radius 1 is 1.18 bits per heavy atom. The van der Waals surface area contributed by atoms with Crippen molar-refractivity contribution in [1.29, 1.82) is 0 Å². The van der Waals surface area contributed by atoms with E-state index in [-0.39, 0.29) is 12.4 Å². The Morgan fingerprint density at radius 3 is 2.45 bits per heavy atom. The number of aryl methyl sites for hydroxylation is 1. The fourth-order valence-electron chi connectivity index (χ4n) is 0.756. The van der Waals surface area contributed by atoms with Crippen LogP contribution in [0.2, 0.25) is 0 Å². The molecule has 0 aliphatic heterocycles. The topological polar surface area (TPSA) is 51.8 Å². The van der Waals surface area contributed by atoms with Crippen molar-refractivity contribution >= 4 is 49.9 Å². The van der Waals surface area contributed by atoms with Crippen LogP contribution in [0.5, 0.6) is 0 Å². The van der Waals surface area contributed by atoms with E-state index in [1.807, 2.05) is 6.92 Å². The summed E-state index contributed by atoms with van der Waals surface area (Å²) in [6.07, 6.45) is 0. The molecular formula is C5H6ClN3S2. The molecule has 0 amide bonds. The SMILES string of the molecule is Cc1nc2sc(N)nc2s1.Cl. The molecule has 0 aliphatic carbocycles. The summed E-state index contributed by atoms with van der Waals surface area (Å²) in [4.78, 5) is 10.2. The van der Waals surface area contributed by atoms with Crippen molar-refractivity contribution in [2.45, 2.75) is 6.92 Å². The van der Waals surface area contributed by atoms with Gasteiger partial charge in [0.1, 0.15) is 0 Å². The number of nitrogens with zero attached hydrogens (tertiary/aromatic N) is 2. The monoisotopic (exact) mass is 207 g/mol. The number of thiazole rings is 2. The van der Waals surface area contributed by atoms with E-state index in [2.05, 4.69) is 9.97 Å². The second-order valence-corrected chi connectivity index (χ2v) is 4.09. The molecule has 0 unspecified atom stereocenters. The summed E-state index contributed by atoms with van der Waals surface area (Å²) in [7, 11) is 0. The molecule has 0 atom stereocenters. The van der Waals surface area contributed by atoms with E-state index in [0.29, 0.717) is 5.13 Å². The quantitative estimate of drug-likeness (QED) is 0.720. The number of nitrogen functional groups attached to an aromatic ring is 1. The molecule has 2 aromatic rings. The lowest BCUT2D eigenvalue weighted by Crippen LogP contribution is -1.78. The maximum absolute atomic E-state index is 5.46. The zero-order chi connectivity index (χ0) is 7.14. The fraction of sp³-hybridized carbons (Fsp3) is 0.200. The minimum absolute atomic E-state index is 0. The Bertz CT molecular complexity index is 304. The molecule has 2 N–H and O–H groups in total. The average molecular weight is 208 g/mol. The van der Waals surface area contributed by atoms with Crippen LogP contribution in [0.1, 0.15) is 5.01 Å². The first-order chi connectivity index (χ1) is 4.75. The molecule has 0 bridgehead atoms. The Morgan fingerprint density at radius 2 is 1.82 bits per heavy atom. The molecule has 11 heavy (non-hydrogen) atoms. The van der Waals surface area contributed by atoms with Gasteiger partial charge in [0.05, 0.1) is 5.01 Å². The van der Waals surface area contributed by atoms with Crippen LogP contribution in [0, 0.1) is 6.92 Å². The normalized spacial score (nSPS) is 9.91. The number of halogens is 1. The second kappa shape index (κ2) is 2.92. The predicted octanol–water partition coefficient (Wildman–Crippen LogP) is 2.07. The van der Waals surface area contributed by atoms with Crippen LogP contribution in [0.15, 0.2) is 0 Å². The van der Waals surface area contributed by atoms with Gasteiger partial charge in [0, 0.05) is 0 Å². The number of rotatable bonds is 0. The van der Waals surface area contributed by atoms with E-state index in [0.717, 1.165) is 14.7 Å². The summed E-state index contributed by atoms with van der Waals surface area (Å²) < 4.78 is 0. The average Bonchev–Trinajstić information content (AvgIpc) is 2.21. The molecule has 0 radical (unpaired) electrons. The molecule has 0 saturated heterocycles. The molecule has 6 heteroatoms. The summed E-state index contributed by atoms with van der Waals surface area (Å²) >= 11 is 3.02. The van der Waals surface area contributed by atoms with Crippen LogP contribution in [-0.4, -0.2) is 9.97 Å². The van der Waals surface area contributed by atoms with Gasteiger partial charge in [-0.25, -0.2) is 9.97 Å². The number of hydrogen-bond donors (Lipinski definition) is 1. The van der Waals surface area contributed by atoms with Gasteiger partial charge in [-0.15, -0.1) is 12.4 Å². The zero-order valence-electron chi connectivity index (χ0n) is 5.70. The van der Waals surface area contributed by atoms with Gasteiger partial charge in [0.25, 0.3) is 0 Å². The maximum Gasteiger partial charge on any atom is 0.183 e. The minimum atomic E-state index is 0. The number of anilines is 1.